The number of halogens is 1. The Bertz CT molecular complexity index is 1320. The molecule has 1 fully saturated rings. The highest BCUT2D eigenvalue weighted by Gasteiger charge is 2.58. The Hall–Kier alpha value is -2.75. The summed E-state index contributed by atoms with van der Waals surface area (Å²) >= 11 is 6.26. The van der Waals surface area contributed by atoms with Gasteiger partial charge in [0.1, 0.15) is 12.6 Å². The van der Waals surface area contributed by atoms with Gasteiger partial charge < -0.3 is 10.5 Å². The van der Waals surface area contributed by atoms with Gasteiger partial charge in [-0.1, -0.05) is 60.1 Å². The summed E-state index contributed by atoms with van der Waals surface area (Å²) in [5.41, 5.74) is 8.85. The van der Waals surface area contributed by atoms with E-state index in [0.29, 0.717) is 17.0 Å². The lowest BCUT2D eigenvalue weighted by Gasteiger charge is -2.37. The fourth-order valence-electron chi connectivity index (χ4n) is 4.73. The van der Waals surface area contributed by atoms with Crippen LogP contribution in [-0.2, 0) is 21.5 Å². The summed E-state index contributed by atoms with van der Waals surface area (Å²) < 4.78 is 40.1. The number of hydrogen-bond donors (Lipinski definition) is 2. The van der Waals surface area contributed by atoms with Crippen LogP contribution in [0, 0.1) is 6.92 Å². The summed E-state index contributed by atoms with van der Waals surface area (Å²) in [4.78, 5) is 13.6. The molecule has 1 aliphatic heterocycles. The van der Waals surface area contributed by atoms with Gasteiger partial charge in [0.15, 0.2) is 10.6 Å². The predicted molar refractivity (Wildman–Crippen MR) is 131 cm³/mol. The zero-order valence-corrected chi connectivity index (χ0v) is 20.2. The van der Waals surface area contributed by atoms with E-state index in [0.717, 1.165) is 11.1 Å². The van der Waals surface area contributed by atoms with Crippen LogP contribution >= 0.6 is 11.6 Å². The molecule has 34 heavy (non-hydrogen) atoms. The quantitative estimate of drug-likeness (QED) is 0.376. The molecule has 1 aliphatic rings. The van der Waals surface area contributed by atoms with Crippen LogP contribution in [0.3, 0.4) is 0 Å². The van der Waals surface area contributed by atoms with Gasteiger partial charge in [0.2, 0.25) is 0 Å². The van der Waals surface area contributed by atoms with Crippen molar-refractivity contribution in [2.24, 2.45) is 5.73 Å². The minimum atomic E-state index is -4.65. The molecule has 0 saturated carbocycles. The number of nitrogens with zero attached hydrogens (tertiary/aromatic N) is 1. The first-order valence-electron chi connectivity index (χ1n) is 10.8. The highest BCUT2D eigenvalue weighted by atomic mass is 35.5. The second kappa shape index (κ2) is 9.48. The molecule has 178 valence electrons. The van der Waals surface area contributed by atoms with Crippen molar-refractivity contribution in [2.75, 3.05) is 6.54 Å². The highest BCUT2D eigenvalue weighted by Crippen LogP contribution is 2.47. The van der Waals surface area contributed by atoms with Gasteiger partial charge in [-0.25, -0.2) is 0 Å². The van der Waals surface area contributed by atoms with Crippen LogP contribution in [0.5, 0.6) is 0 Å². The summed E-state index contributed by atoms with van der Waals surface area (Å²) in [5.74, 6) is 0. The zero-order chi connectivity index (χ0) is 24.5. The van der Waals surface area contributed by atoms with E-state index in [1.54, 1.807) is 37.3 Å². The molecular formula is C25H26ClN2O5S+. The maximum Gasteiger partial charge on any atom is 0.522 e. The summed E-state index contributed by atoms with van der Waals surface area (Å²) in [5, 5.41) is 0.464. The van der Waals surface area contributed by atoms with E-state index in [1.807, 2.05) is 36.4 Å². The third-order valence-corrected chi connectivity index (χ3v) is 7.38. The predicted octanol–water partition coefficient (Wildman–Crippen LogP) is 5.01. The van der Waals surface area contributed by atoms with Crippen molar-refractivity contribution in [1.82, 2.24) is 4.48 Å². The van der Waals surface area contributed by atoms with E-state index in [2.05, 4.69) is 0 Å². The Kier molecular flexibility index (Phi) is 6.80. The average Bonchev–Trinajstić information content (AvgIpc) is 3.15. The molecule has 7 nitrogen and oxygen atoms in total. The number of nitrogens with two attached hydrogens (primary N) is 1. The molecule has 1 saturated heterocycles. The Morgan fingerprint density at radius 3 is 2.53 bits per heavy atom. The first-order chi connectivity index (χ1) is 16.1. The number of rotatable bonds is 5. The Morgan fingerprint density at radius 1 is 1.12 bits per heavy atom. The van der Waals surface area contributed by atoms with E-state index < -0.39 is 32.8 Å². The van der Waals surface area contributed by atoms with Crippen molar-refractivity contribution < 1.29 is 22.5 Å². The third kappa shape index (κ3) is 4.60. The molecule has 1 amide bonds. The number of hydrogen-bond acceptors (Lipinski definition) is 5. The molecule has 3 aromatic carbocycles. The van der Waals surface area contributed by atoms with E-state index in [-0.39, 0.29) is 23.7 Å². The van der Waals surface area contributed by atoms with E-state index in [9.17, 15) is 17.8 Å². The molecule has 3 N–H and O–H groups in total. The number of amides is 1. The normalized spacial score (nSPS) is 22.5. The minimum Gasteiger partial charge on any atom is -0.415 e. The molecule has 3 atom stereocenters. The SMILES string of the molecule is Cc1ccc(S(=O)(=O)O)c([N@+]2(C(=O)OCc3ccccc3)CCC(N)[C@@H]2c2cccc(Cl)c2)c1. The number of carbonyl (C=O) groups is 1. The number of ether oxygens (including phenoxy) is 1. The molecule has 1 heterocycles. The van der Waals surface area contributed by atoms with Crippen LogP contribution in [0.2, 0.25) is 5.02 Å². The molecule has 0 bridgehead atoms. The molecule has 1 unspecified atom stereocenters. The number of benzene rings is 3. The summed E-state index contributed by atoms with van der Waals surface area (Å²) in [6, 6.07) is 19.5. The van der Waals surface area contributed by atoms with Gasteiger partial charge in [-0.2, -0.15) is 17.7 Å². The van der Waals surface area contributed by atoms with Crippen molar-refractivity contribution in [1.29, 1.82) is 0 Å². The van der Waals surface area contributed by atoms with Gasteiger partial charge in [0, 0.05) is 23.1 Å². The molecule has 0 radical (unpaired) electrons. The van der Waals surface area contributed by atoms with Crippen molar-refractivity contribution in [3.05, 3.63) is 94.5 Å². The lowest BCUT2D eigenvalue weighted by molar-refractivity contribution is 0.0914. The van der Waals surface area contributed by atoms with E-state index in [4.69, 9.17) is 22.1 Å². The Labute approximate surface area is 204 Å². The van der Waals surface area contributed by atoms with Crippen molar-refractivity contribution in [2.45, 2.75) is 36.9 Å². The third-order valence-electron chi connectivity index (χ3n) is 6.24. The lowest BCUT2D eigenvalue weighted by Crippen LogP contribution is -2.56. The monoisotopic (exact) mass is 501 g/mol. The fraction of sp³-hybridized carbons (Fsp3) is 0.240. The highest BCUT2D eigenvalue weighted by molar-refractivity contribution is 7.86. The van der Waals surface area contributed by atoms with Gasteiger partial charge in [0.05, 0.1) is 12.6 Å². The second-order valence-corrected chi connectivity index (χ2v) is 10.4. The van der Waals surface area contributed by atoms with E-state index in [1.165, 1.54) is 6.07 Å². The first kappa shape index (κ1) is 24.4. The molecule has 9 heteroatoms. The topological polar surface area (TPSA) is 107 Å². The molecule has 0 aromatic heterocycles. The molecule has 0 aliphatic carbocycles. The van der Waals surface area contributed by atoms with Crippen LogP contribution in [0.4, 0.5) is 10.5 Å². The standard InChI is InChI=1S/C25H25ClN2O5S/c1-17-10-11-23(34(30,31)32)22(14-17)28(25(29)33-16-18-6-3-2-4-7-18)13-12-21(27)24(28)19-8-5-9-20(26)15-19/h2-11,14-15,21,24H,12-13,16,27H2,1H3/p+1/t21?,24-,28+/m0/s1. The molecule has 3 aromatic rings. The van der Waals surface area contributed by atoms with Crippen LogP contribution in [0.25, 0.3) is 0 Å². The largest absolute Gasteiger partial charge is 0.522 e. The van der Waals surface area contributed by atoms with Crippen LogP contribution in [-0.4, -0.2) is 31.7 Å². The number of quaternary nitrogens is 1. The van der Waals surface area contributed by atoms with Crippen LogP contribution in [0.1, 0.15) is 29.2 Å². The fourth-order valence-corrected chi connectivity index (χ4v) is 5.66. The maximum atomic E-state index is 13.9. The number of likely N-dealkylation sites (tertiary alicyclic amines) is 1. The molecular weight excluding hydrogens is 476 g/mol. The minimum absolute atomic E-state index is 0.00417. The Balaban J connectivity index is 1.92. The van der Waals surface area contributed by atoms with Crippen molar-refractivity contribution >= 4 is 33.5 Å². The van der Waals surface area contributed by atoms with Crippen LogP contribution in [0.15, 0.2) is 77.7 Å². The van der Waals surface area contributed by atoms with Gasteiger partial charge in [0.25, 0.3) is 10.1 Å². The number of aryl methyl sites for hydroxylation is 1. The summed E-state index contributed by atoms with van der Waals surface area (Å²) in [6.45, 7) is 1.98. The maximum absolute atomic E-state index is 13.9. The van der Waals surface area contributed by atoms with Gasteiger partial charge in [-0.15, -0.1) is 0 Å². The van der Waals surface area contributed by atoms with Crippen LogP contribution < -0.4 is 10.2 Å². The average molecular weight is 502 g/mol. The van der Waals surface area contributed by atoms with Gasteiger partial charge >= 0.3 is 6.09 Å². The van der Waals surface area contributed by atoms with Crippen molar-refractivity contribution in [3.63, 3.8) is 0 Å². The van der Waals surface area contributed by atoms with Crippen molar-refractivity contribution in [3.8, 4) is 0 Å². The van der Waals surface area contributed by atoms with Gasteiger partial charge in [-0.05, 0) is 36.2 Å². The first-order valence-corrected chi connectivity index (χ1v) is 12.6. The van der Waals surface area contributed by atoms with E-state index >= 15 is 0 Å². The molecule has 0 spiro atoms. The number of carbonyl (C=O) groups excluding carboxylic acids is 1. The summed E-state index contributed by atoms with van der Waals surface area (Å²) in [6.07, 6.45) is -0.228. The van der Waals surface area contributed by atoms with Gasteiger partial charge in [-0.3, -0.25) is 4.55 Å². The lowest BCUT2D eigenvalue weighted by atomic mass is 9.98. The Morgan fingerprint density at radius 2 is 1.85 bits per heavy atom. The molecule has 4 rings (SSSR count). The smallest absolute Gasteiger partial charge is 0.415 e. The zero-order valence-electron chi connectivity index (χ0n) is 18.6. The second-order valence-electron chi connectivity index (χ2n) is 8.53. The summed E-state index contributed by atoms with van der Waals surface area (Å²) in [7, 11) is -4.65.